The molecule has 0 spiro atoms. The third-order valence-electron chi connectivity index (χ3n) is 5.15. The van der Waals surface area contributed by atoms with E-state index in [1.54, 1.807) is 0 Å². The van der Waals surface area contributed by atoms with Gasteiger partial charge in [-0.15, -0.1) is 0 Å². The van der Waals surface area contributed by atoms with E-state index in [-0.39, 0.29) is 17.9 Å². The molecule has 0 unspecified atom stereocenters. The lowest BCUT2D eigenvalue weighted by atomic mass is 10.0. The van der Waals surface area contributed by atoms with Crippen molar-refractivity contribution in [2.45, 2.75) is 38.3 Å². The zero-order valence-corrected chi connectivity index (χ0v) is 15.4. The van der Waals surface area contributed by atoms with Crippen LogP contribution in [0.2, 0.25) is 0 Å². The van der Waals surface area contributed by atoms with Gasteiger partial charge in [-0.3, -0.25) is 4.79 Å². The zero-order valence-electron chi connectivity index (χ0n) is 15.4. The van der Waals surface area contributed by atoms with Crippen molar-refractivity contribution in [2.75, 3.05) is 18.5 Å². The second kappa shape index (κ2) is 8.11. The van der Waals surface area contributed by atoms with Crippen LogP contribution in [0.5, 0.6) is 5.75 Å². The minimum absolute atomic E-state index is 0.120. The van der Waals surface area contributed by atoms with Crippen LogP contribution >= 0.6 is 0 Å². The van der Waals surface area contributed by atoms with E-state index < -0.39 is 0 Å². The van der Waals surface area contributed by atoms with E-state index in [9.17, 15) is 4.79 Å². The molecule has 1 aliphatic carbocycles. The highest BCUT2D eigenvalue weighted by atomic mass is 16.5. The number of anilines is 1. The van der Waals surface area contributed by atoms with Crippen molar-refractivity contribution < 1.29 is 14.3 Å². The predicted octanol–water partition coefficient (Wildman–Crippen LogP) is 3.72. The van der Waals surface area contributed by atoms with Gasteiger partial charge in [-0.1, -0.05) is 18.2 Å². The Labute approximate surface area is 159 Å². The molecule has 0 atom stereocenters. The fourth-order valence-corrected chi connectivity index (χ4v) is 3.37. The van der Waals surface area contributed by atoms with E-state index in [1.165, 1.54) is 0 Å². The van der Waals surface area contributed by atoms with Gasteiger partial charge in [0.25, 0.3) is 0 Å². The standard InChI is InChI=1S/C22H26N2O3/c23-14-18-12-17(6-7-21(18)27-20-8-10-26-11-9-20)16-2-1-3-19(13-16)24-22(25)15-4-5-15/h1-3,6-7,12-13,15,20H,4-5,8-11,14,23H2,(H,24,25). The van der Waals surface area contributed by atoms with Gasteiger partial charge in [-0.25, -0.2) is 0 Å². The van der Waals surface area contributed by atoms with Crippen LogP contribution < -0.4 is 15.8 Å². The monoisotopic (exact) mass is 366 g/mol. The summed E-state index contributed by atoms with van der Waals surface area (Å²) in [6.45, 7) is 1.92. The van der Waals surface area contributed by atoms with E-state index in [2.05, 4.69) is 17.4 Å². The summed E-state index contributed by atoms with van der Waals surface area (Å²) < 4.78 is 11.6. The number of amides is 1. The van der Waals surface area contributed by atoms with Crippen molar-refractivity contribution in [3.8, 4) is 16.9 Å². The van der Waals surface area contributed by atoms with Crippen LogP contribution in [-0.4, -0.2) is 25.2 Å². The SMILES string of the molecule is NCc1cc(-c2cccc(NC(=O)C3CC3)c2)ccc1OC1CCOCC1. The highest BCUT2D eigenvalue weighted by molar-refractivity contribution is 5.94. The average Bonchev–Trinajstić information content (AvgIpc) is 3.55. The van der Waals surface area contributed by atoms with Crippen molar-refractivity contribution in [2.24, 2.45) is 11.7 Å². The molecule has 2 aromatic carbocycles. The topological polar surface area (TPSA) is 73.6 Å². The number of rotatable bonds is 6. The first kappa shape index (κ1) is 18.0. The van der Waals surface area contributed by atoms with E-state index in [0.29, 0.717) is 6.54 Å². The van der Waals surface area contributed by atoms with Crippen LogP contribution in [0, 0.1) is 5.92 Å². The van der Waals surface area contributed by atoms with Crippen molar-refractivity contribution in [3.63, 3.8) is 0 Å². The number of hydrogen-bond acceptors (Lipinski definition) is 4. The summed E-state index contributed by atoms with van der Waals surface area (Å²) in [5, 5.41) is 3.01. The maximum absolute atomic E-state index is 12.0. The largest absolute Gasteiger partial charge is 0.490 e. The molecule has 5 nitrogen and oxygen atoms in total. The van der Waals surface area contributed by atoms with E-state index in [0.717, 1.165) is 67.0 Å². The average molecular weight is 366 g/mol. The fourth-order valence-electron chi connectivity index (χ4n) is 3.37. The molecule has 5 heteroatoms. The minimum atomic E-state index is 0.120. The first-order valence-electron chi connectivity index (χ1n) is 9.71. The highest BCUT2D eigenvalue weighted by Crippen LogP contribution is 2.32. The van der Waals surface area contributed by atoms with Gasteiger partial charge in [0, 0.05) is 36.6 Å². The third kappa shape index (κ3) is 4.49. The molecule has 27 heavy (non-hydrogen) atoms. The van der Waals surface area contributed by atoms with Crippen LogP contribution in [0.1, 0.15) is 31.2 Å². The smallest absolute Gasteiger partial charge is 0.227 e. The van der Waals surface area contributed by atoms with Gasteiger partial charge in [0.1, 0.15) is 11.9 Å². The summed E-state index contributed by atoms with van der Waals surface area (Å²) in [6, 6.07) is 14.1. The summed E-state index contributed by atoms with van der Waals surface area (Å²) in [5.41, 5.74) is 9.92. The van der Waals surface area contributed by atoms with Crippen molar-refractivity contribution in [1.82, 2.24) is 0 Å². The number of benzene rings is 2. The van der Waals surface area contributed by atoms with E-state index in [1.807, 2.05) is 30.3 Å². The second-order valence-electron chi connectivity index (χ2n) is 7.30. The molecule has 2 fully saturated rings. The molecule has 1 saturated heterocycles. The summed E-state index contributed by atoms with van der Waals surface area (Å²) in [7, 11) is 0. The van der Waals surface area contributed by atoms with E-state index >= 15 is 0 Å². The fraction of sp³-hybridized carbons (Fsp3) is 0.409. The maximum atomic E-state index is 12.0. The normalized spacial score (nSPS) is 17.5. The first-order valence-corrected chi connectivity index (χ1v) is 9.71. The van der Waals surface area contributed by atoms with Gasteiger partial charge < -0.3 is 20.5 Å². The Hall–Kier alpha value is -2.37. The van der Waals surface area contributed by atoms with Crippen molar-refractivity contribution >= 4 is 11.6 Å². The van der Waals surface area contributed by atoms with Crippen LogP contribution in [-0.2, 0) is 16.1 Å². The van der Waals surface area contributed by atoms with Gasteiger partial charge in [0.15, 0.2) is 0 Å². The number of hydrogen-bond donors (Lipinski definition) is 2. The molecule has 1 heterocycles. The Morgan fingerprint density at radius 3 is 2.59 bits per heavy atom. The molecule has 2 aromatic rings. The van der Waals surface area contributed by atoms with E-state index in [4.69, 9.17) is 15.2 Å². The van der Waals surface area contributed by atoms with Gasteiger partial charge in [-0.05, 0) is 48.2 Å². The zero-order chi connectivity index (χ0) is 18.6. The molecular weight excluding hydrogens is 340 g/mol. The molecule has 1 aliphatic heterocycles. The summed E-state index contributed by atoms with van der Waals surface area (Å²) in [4.78, 5) is 12.0. The Bertz CT molecular complexity index is 811. The van der Waals surface area contributed by atoms with Crippen LogP contribution in [0.15, 0.2) is 42.5 Å². The Kier molecular flexibility index (Phi) is 5.41. The molecule has 0 aromatic heterocycles. The summed E-state index contributed by atoms with van der Waals surface area (Å²) in [5.74, 6) is 1.17. The molecule has 142 valence electrons. The number of nitrogens with two attached hydrogens (primary N) is 1. The van der Waals surface area contributed by atoms with Gasteiger partial charge in [0.2, 0.25) is 5.91 Å². The van der Waals surface area contributed by atoms with Gasteiger partial charge in [0.05, 0.1) is 13.2 Å². The number of carbonyl (C=O) groups excluding carboxylic acids is 1. The third-order valence-corrected chi connectivity index (χ3v) is 5.15. The number of carbonyl (C=O) groups is 1. The molecular formula is C22H26N2O3. The molecule has 4 rings (SSSR count). The minimum Gasteiger partial charge on any atom is -0.490 e. The Morgan fingerprint density at radius 1 is 1.07 bits per heavy atom. The molecule has 0 radical (unpaired) electrons. The Morgan fingerprint density at radius 2 is 1.85 bits per heavy atom. The summed E-state index contributed by atoms with van der Waals surface area (Å²) in [6.07, 6.45) is 4.01. The van der Waals surface area contributed by atoms with Crippen molar-refractivity contribution in [1.29, 1.82) is 0 Å². The molecule has 3 N–H and O–H groups in total. The van der Waals surface area contributed by atoms with Gasteiger partial charge >= 0.3 is 0 Å². The first-order chi connectivity index (χ1) is 13.2. The number of ether oxygens (including phenoxy) is 2. The highest BCUT2D eigenvalue weighted by Gasteiger charge is 2.29. The summed E-state index contributed by atoms with van der Waals surface area (Å²) >= 11 is 0. The van der Waals surface area contributed by atoms with Crippen LogP contribution in [0.25, 0.3) is 11.1 Å². The molecule has 1 saturated carbocycles. The van der Waals surface area contributed by atoms with Gasteiger partial charge in [-0.2, -0.15) is 0 Å². The maximum Gasteiger partial charge on any atom is 0.227 e. The molecule has 2 aliphatic rings. The van der Waals surface area contributed by atoms with Crippen LogP contribution in [0.3, 0.4) is 0 Å². The second-order valence-corrected chi connectivity index (χ2v) is 7.30. The molecule has 1 amide bonds. The Balaban J connectivity index is 1.52. The lowest BCUT2D eigenvalue weighted by molar-refractivity contribution is -0.117. The quantitative estimate of drug-likeness (QED) is 0.817. The van der Waals surface area contributed by atoms with Crippen LogP contribution in [0.4, 0.5) is 5.69 Å². The predicted molar refractivity (Wildman–Crippen MR) is 106 cm³/mol. The molecule has 0 bridgehead atoms. The lowest BCUT2D eigenvalue weighted by Gasteiger charge is -2.24. The van der Waals surface area contributed by atoms with Crippen molar-refractivity contribution in [3.05, 3.63) is 48.0 Å². The number of nitrogens with one attached hydrogen (secondary N) is 1. The lowest BCUT2D eigenvalue weighted by Crippen LogP contribution is -2.26.